The number of rotatable bonds is 3. The van der Waals surface area contributed by atoms with Gasteiger partial charge in [0.15, 0.2) is 5.11 Å². The third kappa shape index (κ3) is 4.10. The molecule has 1 aromatic carbocycles. The molecule has 1 aliphatic carbocycles. The first-order valence-corrected chi connectivity index (χ1v) is 8.11. The molecule has 1 aliphatic rings. The normalized spacial score (nSPS) is 22.4. The maximum Gasteiger partial charge on any atom is 0.169 e. The summed E-state index contributed by atoms with van der Waals surface area (Å²) >= 11 is 11.7. The van der Waals surface area contributed by atoms with Crippen LogP contribution in [0.4, 0.5) is 0 Å². The zero-order valence-electron chi connectivity index (χ0n) is 12.2. The molecule has 20 heavy (non-hydrogen) atoms. The van der Waals surface area contributed by atoms with Crippen molar-refractivity contribution in [2.45, 2.75) is 45.2 Å². The number of nitrogens with one attached hydrogen (secondary N) is 1. The largest absolute Gasteiger partial charge is 0.360 e. The summed E-state index contributed by atoms with van der Waals surface area (Å²) < 4.78 is 0. The van der Waals surface area contributed by atoms with Crippen LogP contribution in [0.1, 0.15) is 38.2 Å². The number of thiocarbonyl (C=S) groups is 1. The quantitative estimate of drug-likeness (QED) is 0.841. The van der Waals surface area contributed by atoms with Gasteiger partial charge in [0.2, 0.25) is 0 Å². The number of hydrogen-bond donors (Lipinski definition) is 1. The molecular weight excluding hydrogens is 288 g/mol. The molecule has 4 heteroatoms. The third-order valence-electron chi connectivity index (χ3n) is 4.13. The molecule has 0 bridgehead atoms. The van der Waals surface area contributed by atoms with Crippen LogP contribution in [-0.4, -0.2) is 23.1 Å². The van der Waals surface area contributed by atoms with Crippen LogP contribution in [0.3, 0.4) is 0 Å². The first kappa shape index (κ1) is 15.6. The van der Waals surface area contributed by atoms with E-state index >= 15 is 0 Å². The van der Waals surface area contributed by atoms with Gasteiger partial charge in [0, 0.05) is 24.7 Å². The van der Waals surface area contributed by atoms with Crippen molar-refractivity contribution < 1.29 is 0 Å². The Hall–Kier alpha value is -0.800. The van der Waals surface area contributed by atoms with E-state index in [2.05, 4.69) is 17.1 Å². The van der Waals surface area contributed by atoms with Gasteiger partial charge < -0.3 is 10.2 Å². The first-order valence-electron chi connectivity index (χ1n) is 7.33. The van der Waals surface area contributed by atoms with Gasteiger partial charge in [0.25, 0.3) is 0 Å². The van der Waals surface area contributed by atoms with Gasteiger partial charge in [-0.2, -0.15) is 0 Å². The van der Waals surface area contributed by atoms with Gasteiger partial charge in [0.05, 0.1) is 0 Å². The average Bonchev–Trinajstić information content (AvgIpc) is 2.43. The summed E-state index contributed by atoms with van der Waals surface area (Å²) in [5.41, 5.74) is 1.11. The molecule has 0 heterocycles. The van der Waals surface area contributed by atoms with Crippen LogP contribution in [0.2, 0.25) is 5.02 Å². The second-order valence-electron chi connectivity index (χ2n) is 5.77. The predicted octanol–water partition coefficient (Wildman–Crippen LogP) is 4.23. The van der Waals surface area contributed by atoms with Crippen molar-refractivity contribution in [1.29, 1.82) is 0 Å². The third-order valence-corrected chi connectivity index (χ3v) is 4.93. The fourth-order valence-electron chi connectivity index (χ4n) is 2.75. The highest BCUT2D eigenvalue weighted by molar-refractivity contribution is 7.80. The van der Waals surface area contributed by atoms with E-state index in [0.717, 1.165) is 22.2 Å². The van der Waals surface area contributed by atoms with E-state index < -0.39 is 0 Å². The zero-order valence-corrected chi connectivity index (χ0v) is 13.8. The number of halogens is 1. The van der Waals surface area contributed by atoms with Gasteiger partial charge in [-0.05, 0) is 42.6 Å². The summed E-state index contributed by atoms with van der Waals surface area (Å²) in [6.45, 7) is 3.06. The van der Waals surface area contributed by atoms with E-state index in [9.17, 15) is 0 Å². The van der Waals surface area contributed by atoms with E-state index in [-0.39, 0.29) is 0 Å². The lowest BCUT2D eigenvalue weighted by atomic mass is 9.86. The Labute approximate surface area is 132 Å². The minimum Gasteiger partial charge on any atom is -0.360 e. The minimum absolute atomic E-state index is 0.518. The first-order chi connectivity index (χ1) is 9.58. The van der Waals surface area contributed by atoms with E-state index in [1.165, 1.54) is 25.7 Å². The molecule has 1 fully saturated rings. The molecule has 1 N–H and O–H groups in total. The maximum absolute atomic E-state index is 6.20. The molecular formula is C16H23ClN2S. The maximum atomic E-state index is 6.20. The molecule has 110 valence electrons. The molecule has 2 rings (SSSR count). The number of hydrogen-bond acceptors (Lipinski definition) is 1. The Morgan fingerprint density at radius 1 is 1.35 bits per heavy atom. The molecule has 0 radical (unpaired) electrons. The van der Waals surface area contributed by atoms with Gasteiger partial charge in [-0.25, -0.2) is 0 Å². The van der Waals surface area contributed by atoms with Crippen LogP contribution in [0.15, 0.2) is 24.3 Å². The van der Waals surface area contributed by atoms with Crippen molar-refractivity contribution in [3.05, 3.63) is 34.9 Å². The topological polar surface area (TPSA) is 15.3 Å². The monoisotopic (exact) mass is 310 g/mol. The van der Waals surface area contributed by atoms with Gasteiger partial charge >= 0.3 is 0 Å². The van der Waals surface area contributed by atoms with Crippen molar-refractivity contribution in [2.75, 3.05) is 7.05 Å². The van der Waals surface area contributed by atoms with Crippen molar-refractivity contribution in [3.63, 3.8) is 0 Å². The Morgan fingerprint density at radius 2 is 2.05 bits per heavy atom. The summed E-state index contributed by atoms with van der Waals surface area (Å²) in [7, 11) is 2.02. The fourth-order valence-corrected chi connectivity index (χ4v) is 3.16. The van der Waals surface area contributed by atoms with E-state index in [0.29, 0.717) is 12.0 Å². The zero-order chi connectivity index (χ0) is 14.5. The summed E-state index contributed by atoms with van der Waals surface area (Å²) in [5.74, 6) is 0.704. The van der Waals surface area contributed by atoms with Crippen molar-refractivity contribution >= 4 is 28.9 Å². The minimum atomic E-state index is 0.518. The van der Waals surface area contributed by atoms with Gasteiger partial charge in [0.1, 0.15) is 0 Å². The molecule has 0 saturated heterocycles. The Bertz CT molecular complexity index is 464. The van der Waals surface area contributed by atoms with Crippen LogP contribution in [0.5, 0.6) is 0 Å². The van der Waals surface area contributed by atoms with E-state index in [1.54, 1.807) is 0 Å². The SMILES string of the molecule is C[C@H]1CCCC[C@@H]1NC(=S)N(C)Cc1ccccc1Cl. The Morgan fingerprint density at radius 3 is 2.75 bits per heavy atom. The lowest BCUT2D eigenvalue weighted by Crippen LogP contribution is -2.46. The molecule has 0 unspecified atom stereocenters. The summed E-state index contributed by atoms with van der Waals surface area (Å²) in [5, 5.41) is 5.14. The van der Waals surface area contributed by atoms with Gasteiger partial charge in [-0.1, -0.05) is 49.6 Å². The van der Waals surface area contributed by atoms with Gasteiger partial charge in [-0.15, -0.1) is 0 Å². The Kier molecular flexibility index (Phi) is 5.67. The molecule has 0 amide bonds. The second-order valence-corrected chi connectivity index (χ2v) is 6.56. The Balaban J connectivity index is 1.90. The standard InChI is InChI=1S/C16H23ClN2S/c1-12-7-3-6-10-15(12)18-16(20)19(2)11-13-8-4-5-9-14(13)17/h4-5,8-9,12,15H,3,6-7,10-11H2,1-2H3,(H,18,20)/t12-,15-/m0/s1. The lowest BCUT2D eigenvalue weighted by molar-refractivity contribution is 0.300. The van der Waals surface area contributed by atoms with E-state index in [1.807, 2.05) is 31.3 Å². The van der Waals surface area contributed by atoms with Gasteiger partial charge in [-0.3, -0.25) is 0 Å². The van der Waals surface area contributed by atoms with Crippen LogP contribution < -0.4 is 5.32 Å². The molecule has 2 nitrogen and oxygen atoms in total. The summed E-state index contributed by atoms with van der Waals surface area (Å²) in [4.78, 5) is 2.07. The van der Waals surface area contributed by atoms with Crippen LogP contribution >= 0.6 is 23.8 Å². The fraction of sp³-hybridized carbons (Fsp3) is 0.562. The van der Waals surface area contributed by atoms with E-state index in [4.69, 9.17) is 23.8 Å². The molecule has 0 spiro atoms. The number of nitrogens with zero attached hydrogens (tertiary/aromatic N) is 1. The molecule has 2 atom stereocenters. The summed E-state index contributed by atoms with van der Waals surface area (Å²) in [6, 6.07) is 8.45. The lowest BCUT2D eigenvalue weighted by Gasteiger charge is -2.33. The predicted molar refractivity (Wildman–Crippen MR) is 90.1 cm³/mol. The summed E-state index contributed by atoms with van der Waals surface area (Å²) in [6.07, 6.45) is 5.18. The van der Waals surface area contributed by atoms with Crippen molar-refractivity contribution in [2.24, 2.45) is 5.92 Å². The highest BCUT2D eigenvalue weighted by Crippen LogP contribution is 2.24. The molecule has 1 aromatic rings. The molecule has 0 aromatic heterocycles. The average molecular weight is 311 g/mol. The highest BCUT2D eigenvalue weighted by Gasteiger charge is 2.22. The smallest absolute Gasteiger partial charge is 0.169 e. The van der Waals surface area contributed by atoms with Crippen LogP contribution in [0.25, 0.3) is 0 Å². The molecule has 1 saturated carbocycles. The van der Waals surface area contributed by atoms with Crippen molar-refractivity contribution in [3.8, 4) is 0 Å². The molecule has 0 aliphatic heterocycles. The van der Waals surface area contributed by atoms with Crippen molar-refractivity contribution in [1.82, 2.24) is 10.2 Å². The van der Waals surface area contributed by atoms with Crippen LogP contribution in [0, 0.1) is 5.92 Å². The second kappa shape index (κ2) is 7.28. The number of benzene rings is 1. The highest BCUT2D eigenvalue weighted by atomic mass is 35.5. The van der Waals surface area contributed by atoms with Crippen LogP contribution in [-0.2, 0) is 6.54 Å².